The van der Waals surface area contributed by atoms with Crippen molar-refractivity contribution >= 4 is 16.0 Å². The van der Waals surface area contributed by atoms with Gasteiger partial charge >= 0.3 is 5.97 Å². The molecule has 1 heterocycles. The average Bonchev–Trinajstić information content (AvgIpc) is 2.82. The first-order valence-corrected chi connectivity index (χ1v) is 8.34. The van der Waals surface area contributed by atoms with Crippen molar-refractivity contribution in [1.29, 1.82) is 0 Å². The maximum absolute atomic E-state index is 11.9. The van der Waals surface area contributed by atoms with Crippen LogP contribution in [-0.2, 0) is 21.3 Å². The molecular formula is C13H22N2O4S. The molecule has 0 aliphatic rings. The van der Waals surface area contributed by atoms with Crippen LogP contribution in [-0.4, -0.2) is 25.6 Å². The number of carbonyl (C=O) groups excluding carboxylic acids is 1. The maximum atomic E-state index is 11.9. The van der Waals surface area contributed by atoms with E-state index in [4.69, 9.17) is 9.88 Å². The molecule has 0 saturated carbocycles. The summed E-state index contributed by atoms with van der Waals surface area (Å²) in [6.45, 7) is 4.73. The number of nitrogens with two attached hydrogens (primary N) is 1. The molecule has 0 radical (unpaired) electrons. The predicted octanol–water partition coefficient (Wildman–Crippen LogP) is 1.89. The quantitative estimate of drug-likeness (QED) is 0.586. The van der Waals surface area contributed by atoms with E-state index < -0.39 is 16.0 Å². The molecule has 0 saturated heterocycles. The number of sulfonamides is 1. The third-order valence-electron chi connectivity index (χ3n) is 2.98. The number of aryl methyl sites for hydroxylation is 1. The molecule has 0 spiro atoms. The van der Waals surface area contributed by atoms with E-state index in [1.165, 1.54) is 16.8 Å². The standard InChI is InChI=1S/C13H22N2O4S/c1-3-5-6-7-8-19-13(16)12-9-11(20(14,17)18)10-15(12)4-2/h9-10H,3-8H2,1-2H3,(H2,14,17,18). The van der Waals surface area contributed by atoms with Crippen LogP contribution in [0.25, 0.3) is 0 Å². The van der Waals surface area contributed by atoms with Gasteiger partial charge in [0.05, 0.1) is 6.61 Å². The van der Waals surface area contributed by atoms with E-state index in [-0.39, 0.29) is 10.6 Å². The molecule has 0 aromatic carbocycles. The summed E-state index contributed by atoms with van der Waals surface area (Å²) in [7, 11) is -3.81. The zero-order chi connectivity index (χ0) is 15.2. The number of aromatic nitrogens is 1. The average molecular weight is 302 g/mol. The molecule has 20 heavy (non-hydrogen) atoms. The summed E-state index contributed by atoms with van der Waals surface area (Å²) in [4.78, 5) is 11.8. The van der Waals surface area contributed by atoms with Crippen molar-refractivity contribution in [3.05, 3.63) is 18.0 Å². The Morgan fingerprint density at radius 1 is 1.30 bits per heavy atom. The first-order chi connectivity index (χ1) is 9.40. The molecule has 0 unspecified atom stereocenters. The van der Waals surface area contributed by atoms with E-state index in [9.17, 15) is 13.2 Å². The van der Waals surface area contributed by atoms with Gasteiger partial charge in [0.25, 0.3) is 0 Å². The third-order valence-corrected chi connectivity index (χ3v) is 3.86. The molecule has 6 nitrogen and oxygen atoms in total. The smallest absolute Gasteiger partial charge is 0.354 e. The molecule has 0 atom stereocenters. The minimum absolute atomic E-state index is 0.0720. The highest BCUT2D eigenvalue weighted by atomic mass is 32.2. The molecule has 0 fully saturated rings. The molecule has 0 bridgehead atoms. The van der Waals surface area contributed by atoms with Crippen molar-refractivity contribution < 1.29 is 17.9 Å². The SMILES string of the molecule is CCCCCCOC(=O)c1cc(S(N)(=O)=O)cn1CC. The van der Waals surface area contributed by atoms with E-state index in [1.807, 2.05) is 6.92 Å². The van der Waals surface area contributed by atoms with Gasteiger partial charge in [-0.05, 0) is 19.4 Å². The number of nitrogens with zero attached hydrogens (tertiary/aromatic N) is 1. The first kappa shape index (κ1) is 16.7. The summed E-state index contributed by atoms with van der Waals surface area (Å²) in [6, 6.07) is 1.26. The van der Waals surface area contributed by atoms with Gasteiger partial charge in [-0.3, -0.25) is 0 Å². The monoisotopic (exact) mass is 302 g/mol. The number of hydrogen-bond acceptors (Lipinski definition) is 4. The fourth-order valence-corrected chi connectivity index (χ4v) is 2.39. The number of primary sulfonamides is 1. The Morgan fingerprint density at radius 3 is 2.55 bits per heavy atom. The van der Waals surface area contributed by atoms with Crippen LogP contribution in [0.3, 0.4) is 0 Å². The lowest BCUT2D eigenvalue weighted by Crippen LogP contribution is -2.12. The minimum atomic E-state index is -3.81. The van der Waals surface area contributed by atoms with Crippen LogP contribution >= 0.6 is 0 Å². The second-order valence-electron chi connectivity index (χ2n) is 4.59. The van der Waals surface area contributed by atoms with Gasteiger partial charge in [-0.1, -0.05) is 26.2 Å². The number of ether oxygens (including phenoxy) is 1. The van der Waals surface area contributed by atoms with Crippen molar-refractivity contribution in [1.82, 2.24) is 4.57 Å². The van der Waals surface area contributed by atoms with Gasteiger partial charge in [-0.2, -0.15) is 0 Å². The fourth-order valence-electron chi connectivity index (χ4n) is 1.84. The molecule has 1 aromatic heterocycles. The Balaban J connectivity index is 2.70. The van der Waals surface area contributed by atoms with Crippen LogP contribution < -0.4 is 5.14 Å². The number of unbranched alkanes of at least 4 members (excludes halogenated alkanes) is 3. The Morgan fingerprint density at radius 2 is 2.00 bits per heavy atom. The molecule has 7 heteroatoms. The number of hydrogen-bond donors (Lipinski definition) is 1. The molecule has 0 amide bonds. The van der Waals surface area contributed by atoms with Gasteiger partial charge in [-0.25, -0.2) is 18.4 Å². The second-order valence-corrected chi connectivity index (χ2v) is 6.15. The number of carbonyl (C=O) groups is 1. The Labute approximate surface area is 120 Å². The Kier molecular flexibility index (Phi) is 6.22. The highest BCUT2D eigenvalue weighted by Gasteiger charge is 2.19. The van der Waals surface area contributed by atoms with Crippen LogP contribution in [0, 0.1) is 0 Å². The maximum Gasteiger partial charge on any atom is 0.354 e. The highest BCUT2D eigenvalue weighted by molar-refractivity contribution is 7.89. The van der Waals surface area contributed by atoms with Gasteiger partial charge in [0, 0.05) is 12.7 Å². The van der Waals surface area contributed by atoms with E-state index >= 15 is 0 Å². The molecule has 114 valence electrons. The van der Waals surface area contributed by atoms with Gasteiger partial charge in [0.15, 0.2) is 0 Å². The normalized spacial score (nSPS) is 11.6. The molecule has 1 aromatic rings. The minimum Gasteiger partial charge on any atom is -0.461 e. The molecule has 2 N–H and O–H groups in total. The Hall–Kier alpha value is -1.34. The summed E-state index contributed by atoms with van der Waals surface area (Å²) in [5.41, 5.74) is 0.215. The first-order valence-electron chi connectivity index (χ1n) is 6.80. The topological polar surface area (TPSA) is 91.4 Å². The number of esters is 1. The lowest BCUT2D eigenvalue weighted by atomic mass is 10.2. The fraction of sp³-hybridized carbons (Fsp3) is 0.615. The van der Waals surface area contributed by atoms with Crippen LogP contribution in [0.15, 0.2) is 17.2 Å². The summed E-state index contributed by atoms with van der Waals surface area (Å²) in [6.07, 6.45) is 5.40. The third kappa shape index (κ3) is 4.64. The van der Waals surface area contributed by atoms with Crippen LogP contribution in [0.4, 0.5) is 0 Å². The highest BCUT2D eigenvalue weighted by Crippen LogP contribution is 2.14. The number of rotatable bonds is 8. The van der Waals surface area contributed by atoms with Crippen molar-refractivity contribution in [3.63, 3.8) is 0 Å². The van der Waals surface area contributed by atoms with Crippen molar-refractivity contribution in [2.24, 2.45) is 5.14 Å². The van der Waals surface area contributed by atoms with Crippen LogP contribution in [0.5, 0.6) is 0 Å². The lowest BCUT2D eigenvalue weighted by molar-refractivity contribution is 0.0485. The summed E-state index contributed by atoms with van der Waals surface area (Å²) in [5.74, 6) is -0.516. The molecule has 1 rings (SSSR count). The predicted molar refractivity (Wildman–Crippen MR) is 75.9 cm³/mol. The summed E-state index contributed by atoms with van der Waals surface area (Å²) < 4.78 is 29.2. The zero-order valence-electron chi connectivity index (χ0n) is 12.0. The van der Waals surface area contributed by atoms with Gasteiger partial charge in [0.2, 0.25) is 10.0 Å². The zero-order valence-corrected chi connectivity index (χ0v) is 12.8. The van der Waals surface area contributed by atoms with Crippen molar-refractivity contribution in [2.45, 2.75) is 51.0 Å². The Bertz CT molecular complexity index is 549. The van der Waals surface area contributed by atoms with E-state index in [2.05, 4.69) is 6.92 Å². The van der Waals surface area contributed by atoms with Crippen molar-refractivity contribution in [3.8, 4) is 0 Å². The molecular weight excluding hydrogens is 280 g/mol. The lowest BCUT2D eigenvalue weighted by Gasteiger charge is -2.06. The van der Waals surface area contributed by atoms with Crippen LogP contribution in [0.1, 0.15) is 50.0 Å². The summed E-state index contributed by atoms with van der Waals surface area (Å²) in [5, 5.41) is 5.06. The van der Waals surface area contributed by atoms with Gasteiger partial charge in [-0.15, -0.1) is 0 Å². The molecule has 0 aliphatic carbocycles. The van der Waals surface area contributed by atoms with E-state index in [0.717, 1.165) is 25.7 Å². The van der Waals surface area contributed by atoms with Gasteiger partial charge in [0.1, 0.15) is 10.6 Å². The van der Waals surface area contributed by atoms with Crippen molar-refractivity contribution in [2.75, 3.05) is 6.61 Å². The summed E-state index contributed by atoms with van der Waals surface area (Å²) >= 11 is 0. The van der Waals surface area contributed by atoms with E-state index in [0.29, 0.717) is 13.2 Å². The van der Waals surface area contributed by atoms with Gasteiger partial charge < -0.3 is 9.30 Å². The van der Waals surface area contributed by atoms with Crippen LogP contribution in [0.2, 0.25) is 0 Å². The molecule has 0 aliphatic heterocycles. The van der Waals surface area contributed by atoms with E-state index in [1.54, 1.807) is 0 Å². The second kappa shape index (κ2) is 7.44. The largest absolute Gasteiger partial charge is 0.461 e.